The summed E-state index contributed by atoms with van der Waals surface area (Å²) in [5.41, 5.74) is 2.25. The van der Waals surface area contributed by atoms with Gasteiger partial charge in [0.25, 0.3) is 0 Å². The summed E-state index contributed by atoms with van der Waals surface area (Å²) in [5.74, 6) is 0.698. The summed E-state index contributed by atoms with van der Waals surface area (Å²) in [6.45, 7) is 6.60. The minimum absolute atomic E-state index is 0.0294. The number of carbonyl (C=O) groups excluding carboxylic acids is 1. The van der Waals surface area contributed by atoms with E-state index in [1.54, 1.807) is 0 Å². The summed E-state index contributed by atoms with van der Waals surface area (Å²) < 4.78 is 11.1. The molecule has 2 heterocycles. The number of hydrogen-bond donors (Lipinski definition) is 2. The monoisotopic (exact) mass is 374 g/mol. The number of rotatable bonds is 8. The minimum atomic E-state index is 0.0294. The van der Waals surface area contributed by atoms with Gasteiger partial charge < -0.3 is 25.0 Å². The Bertz CT molecular complexity index is 644. The van der Waals surface area contributed by atoms with Gasteiger partial charge in [0, 0.05) is 38.5 Å². The number of anilines is 1. The number of nitrogens with zero attached hydrogens (tertiary/aromatic N) is 2. The largest absolute Gasteiger partial charge is 0.379 e. The van der Waals surface area contributed by atoms with Crippen molar-refractivity contribution in [1.29, 1.82) is 0 Å². The number of guanidine groups is 1. The maximum atomic E-state index is 12.6. The van der Waals surface area contributed by atoms with Crippen molar-refractivity contribution in [2.24, 2.45) is 4.99 Å². The zero-order valence-electron chi connectivity index (χ0n) is 16.1. The van der Waals surface area contributed by atoms with Crippen LogP contribution in [-0.2, 0) is 20.7 Å². The lowest BCUT2D eigenvalue weighted by Gasteiger charge is -2.17. The van der Waals surface area contributed by atoms with Gasteiger partial charge in [-0.2, -0.15) is 0 Å². The number of benzene rings is 1. The maximum absolute atomic E-state index is 12.6. The van der Waals surface area contributed by atoms with E-state index in [1.807, 2.05) is 30.0 Å². The van der Waals surface area contributed by atoms with Crippen LogP contribution in [0, 0.1) is 0 Å². The molecule has 1 fully saturated rings. The number of amides is 1. The van der Waals surface area contributed by atoms with E-state index in [-0.39, 0.29) is 18.6 Å². The fourth-order valence-electron chi connectivity index (χ4n) is 3.34. The fraction of sp³-hybridized carbons (Fsp3) is 0.600. The Kier molecular flexibility index (Phi) is 7.47. The smallest absolute Gasteiger partial charge is 0.248 e. The molecule has 1 amide bonds. The molecule has 3 rings (SSSR count). The number of carbonyl (C=O) groups is 1. The molecule has 0 aliphatic carbocycles. The number of ether oxygens (including phenoxy) is 2. The van der Waals surface area contributed by atoms with E-state index in [0.29, 0.717) is 19.2 Å². The average Bonchev–Trinajstić information content (AvgIpc) is 3.35. The standard InChI is InChI=1S/C20H30N4O3/c1-2-21-20(22-10-5-12-27-17-9-13-26-15-17)23-14-19(25)24-11-8-16-6-3-4-7-18(16)24/h3-4,6-7,17H,2,5,8-15H2,1H3,(H2,21,22,23). The first-order chi connectivity index (χ1) is 13.3. The fourth-order valence-corrected chi connectivity index (χ4v) is 3.34. The van der Waals surface area contributed by atoms with Gasteiger partial charge in [-0.1, -0.05) is 18.2 Å². The predicted octanol–water partition coefficient (Wildman–Crippen LogP) is 1.33. The van der Waals surface area contributed by atoms with Gasteiger partial charge in [-0.05, 0) is 37.8 Å². The Morgan fingerprint density at radius 1 is 1.37 bits per heavy atom. The van der Waals surface area contributed by atoms with E-state index < -0.39 is 0 Å². The molecule has 0 saturated carbocycles. The summed E-state index contributed by atoms with van der Waals surface area (Å²) >= 11 is 0. The molecule has 0 spiro atoms. The lowest BCUT2D eigenvalue weighted by atomic mass is 10.2. The van der Waals surface area contributed by atoms with Crippen LogP contribution >= 0.6 is 0 Å². The van der Waals surface area contributed by atoms with Crippen LogP contribution in [0.1, 0.15) is 25.3 Å². The van der Waals surface area contributed by atoms with Crippen LogP contribution in [0.15, 0.2) is 29.3 Å². The highest BCUT2D eigenvalue weighted by Gasteiger charge is 2.23. The maximum Gasteiger partial charge on any atom is 0.248 e. The number of aliphatic imine (C=N–C) groups is 1. The summed E-state index contributed by atoms with van der Waals surface area (Å²) in [6.07, 6.45) is 3.02. The molecule has 1 aromatic carbocycles. The number of para-hydroxylation sites is 1. The van der Waals surface area contributed by atoms with Crippen molar-refractivity contribution in [3.63, 3.8) is 0 Å². The Morgan fingerprint density at radius 3 is 3.07 bits per heavy atom. The van der Waals surface area contributed by atoms with Gasteiger partial charge in [0.15, 0.2) is 5.96 Å². The predicted molar refractivity (Wildman–Crippen MR) is 106 cm³/mol. The molecule has 1 saturated heterocycles. The van der Waals surface area contributed by atoms with Crippen molar-refractivity contribution in [1.82, 2.24) is 10.6 Å². The second kappa shape index (κ2) is 10.3. The Morgan fingerprint density at radius 2 is 2.26 bits per heavy atom. The molecule has 148 valence electrons. The van der Waals surface area contributed by atoms with Crippen LogP contribution < -0.4 is 15.5 Å². The topological polar surface area (TPSA) is 75.2 Å². The van der Waals surface area contributed by atoms with Gasteiger partial charge in [-0.15, -0.1) is 0 Å². The minimum Gasteiger partial charge on any atom is -0.379 e. The first-order valence-electron chi connectivity index (χ1n) is 9.87. The van der Waals surface area contributed by atoms with Crippen LogP contribution in [0.5, 0.6) is 0 Å². The molecule has 7 heteroatoms. The quantitative estimate of drug-likeness (QED) is 0.408. The molecule has 1 aromatic rings. The average molecular weight is 374 g/mol. The van der Waals surface area contributed by atoms with E-state index >= 15 is 0 Å². The van der Waals surface area contributed by atoms with Gasteiger partial charge in [0.1, 0.15) is 6.54 Å². The molecule has 0 bridgehead atoms. The van der Waals surface area contributed by atoms with Crippen LogP contribution in [0.2, 0.25) is 0 Å². The van der Waals surface area contributed by atoms with Crippen molar-refractivity contribution < 1.29 is 14.3 Å². The Labute approximate surface area is 161 Å². The molecule has 2 N–H and O–H groups in total. The van der Waals surface area contributed by atoms with Crippen molar-refractivity contribution >= 4 is 17.6 Å². The van der Waals surface area contributed by atoms with E-state index in [2.05, 4.69) is 21.7 Å². The number of nitrogens with one attached hydrogen (secondary N) is 2. The first kappa shape index (κ1) is 19.6. The highest BCUT2D eigenvalue weighted by Crippen LogP contribution is 2.27. The molecule has 0 radical (unpaired) electrons. The first-order valence-corrected chi connectivity index (χ1v) is 9.87. The van der Waals surface area contributed by atoms with Crippen molar-refractivity contribution in [2.45, 2.75) is 32.3 Å². The van der Waals surface area contributed by atoms with E-state index in [9.17, 15) is 4.79 Å². The Hall–Kier alpha value is -2.12. The molecule has 0 aromatic heterocycles. The molecular weight excluding hydrogens is 344 g/mol. The highest BCUT2D eigenvalue weighted by atomic mass is 16.5. The van der Waals surface area contributed by atoms with E-state index in [4.69, 9.17) is 9.47 Å². The van der Waals surface area contributed by atoms with Crippen LogP contribution in [0.3, 0.4) is 0 Å². The van der Waals surface area contributed by atoms with Crippen molar-refractivity contribution in [2.75, 3.05) is 50.9 Å². The summed E-state index contributed by atoms with van der Waals surface area (Å²) in [7, 11) is 0. The molecule has 1 atom stereocenters. The third kappa shape index (κ3) is 5.68. The van der Waals surface area contributed by atoms with E-state index in [0.717, 1.165) is 51.2 Å². The normalized spacial score (nSPS) is 19.2. The van der Waals surface area contributed by atoms with Gasteiger partial charge in [0.2, 0.25) is 5.91 Å². The summed E-state index contributed by atoms with van der Waals surface area (Å²) in [4.78, 5) is 18.9. The zero-order chi connectivity index (χ0) is 18.9. The second-order valence-electron chi connectivity index (χ2n) is 6.76. The molecule has 27 heavy (non-hydrogen) atoms. The highest BCUT2D eigenvalue weighted by molar-refractivity contribution is 5.98. The van der Waals surface area contributed by atoms with E-state index in [1.165, 1.54) is 5.56 Å². The second-order valence-corrected chi connectivity index (χ2v) is 6.76. The van der Waals surface area contributed by atoms with Gasteiger partial charge >= 0.3 is 0 Å². The third-order valence-electron chi connectivity index (χ3n) is 4.76. The van der Waals surface area contributed by atoms with Gasteiger partial charge in [0.05, 0.1) is 12.7 Å². The number of hydrogen-bond acceptors (Lipinski definition) is 4. The third-order valence-corrected chi connectivity index (χ3v) is 4.76. The van der Waals surface area contributed by atoms with Gasteiger partial charge in [-0.25, -0.2) is 4.99 Å². The zero-order valence-corrected chi connectivity index (χ0v) is 16.1. The SMILES string of the molecule is CCNC(=NCC(=O)N1CCc2ccccc21)NCCCOC1CCOC1. The van der Waals surface area contributed by atoms with Gasteiger partial charge in [-0.3, -0.25) is 4.79 Å². The van der Waals surface area contributed by atoms with Crippen molar-refractivity contribution in [3.05, 3.63) is 29.8 Å². The molecule has 2 aliphatic rings. The molecule has 2 aliphatic heterocycles. The Balaban J connectivity index is 1.42. The molecule has 7 nitrogen and oxygen atoms in total. The number of fused-ring (bicyclic) bond motifs is 1. The summed E-state index contributed by atoms with van der Waals surface area (Å²) in [5, 5.41) is 6.46. The van der Waals surface area contributed by atoms with Crippen LogP contribution in [0.4, 0.5) is 5.69 Å². The summed E-state index contributed by atoms with van der Waals surface area (Å²) in [6, 6.07) is 8.07. The van der Waals surface area contributed by atoms with Crippen molar-refractivity contribution in [3.8, 4) is 0 Å². The lowest BCUT2D eigenvalue weighted by molar-refractivity contribution is -0.117. The molecular formula is C20H30N4O3. The molecule has 1 unspecified atom stereocenters. The lowest BCUT2D eigenvalue weighted by Crippen LogP contribution is -2.39. The van der Waals surface area contributed by atoms with Crippen LogP contribution in [0.25, 0.3) is 0 Å². The van der Waals surface area contributed by atoms with Crippen LogP contribution in [-0.4, -0.2) is 64.0 Å².